The molecular weight excluding hydrogens is 238 g/mol. The maximum Gasteiger partial charge on any atom is 0.232 e. The van der Waals surface area contributed by atoms with Gasteiger partial charge in [-0.3, -0.25) is 0 Å². The van der Waals surface area contributed by atoms with Crippen molar-refractivity contribution in [3.8, 4) is 17.7 Å². The molecule has 2 aliphatic rings. The molecule has 2 heterocycles. The second kappa shape index (κ2) is 6.03. The number of hydrogen-bond acceptors (Lipinski definition) is 4. The highest BCUT2D eigenvalue weighted by atomic mass is 16.5. The van der Waals surface area contributed by atoms with Gasteiger partial charge >= 0.3 is 0 Å². The largest absolute Gasteiger partial charge is 0.476 e. The van der Waals surface area contributed by atoms with Gasteiger partial charge in [0, 0.05) is 18.4 Å². The molecule has 1 aromatic rings. The van der Waals surface area contributed by atoms with Crippen LogP contribution in [0.25, 0.3) is 0 Å². The molecule has 2 fully saturated rings. The van der Waals surface area contributed by atoms with Crippen LogP contribution in [-0.4, -0.2) is 29.7 Å². The highest BCUT2D eigenvalue weighted by Crippen LogP contribution is 2.27. The predicted molar refractivity (Wildman–Crippen MR) is 72.7 cm³/mol. The third-order valence-electron chi connectivity index (χ3n) is 3.48. The Balaban J connectivity index is 1.49. The standard InChI is InChI=1S/C15H19N3O/c1-2-13(8-16-7-1)11-19-15-10-17-14(9-18-15)6-5-12-3-4-12/h9-10,12-13,16H,1-4,7-8,11H2. The van der Waals surface area contributed by atoms with Crippen LogP contribution in [0.2, 0.25) is 0 Å². The number of rotatable bonds is 3. The first-order valence-corrected chi connectivity index (χ1v) is 7.07. The van der Waals surface area contributed by atoms with Crippen LogP contribution in [0.15, 0.2) is 12.4 Å². The Morgan fingerprint density at radius 3 is 2.89 bits per heavy atom. The average Bonchev–Trinajstić information content (AvgIpc) is 3.29. The Morgan fingerprint density at radius 2 is 2.21 bits per heavy atom. The maximum absolute atomic E-state index is 5.68. The van der Waals surface area contributed by atoms with E-state index in [1.54, 1.807) is 12.4 Å². The van der Waals surface area contributed by atoms with Gasteiger partial charge in [-0.15, -0.1) is 0 Å². The number of nitrogens with one attached hydrogen (secondary N) is 1. The summed E-state index contributed by atoms with van der Waals surface area (Å²) in [5, 5.41) is 3.38. The molecule has 1 aliphatic carbocycles. The van der Waals surface area contributed by atoms with E-state index in [2.05, 4.69) is 27.1 Å². The van der Waals surface area contributed by atoms with Gasteiger partial charge in [-0.05, 0) is 38.1 Å². The monoisotopic (exact) mass is 257 g/mol. The lowest BCUT2D eigenvalue weighted by Crippen LogP contribution is -2.33. The number of piperidine rings is 1. The third-order valence-corrected chi connectivity index (χ3v) is 3.48. The van der Waals surface area contributed by atoms with E-state index in [1.165, 1.54) is 25.7 Å². The van der Waals surface area contributed by atoms with Gasteiger partial charge in [-0.2, -0.15) is 0 Å². The van der Waals surface area contributed by atoms with Crippen molar-refractivity contribution in [2.45, 2.75) is 25.7 Å². The maximum atomic E-state index is 5.68. The van der Waals surface area contributed by atoms with Gasteiger partial charge < -0.3 is 10.1 Å². The fraction of sp³-hybridized carbons (Fsp3) is 0.600. The second-order valence-electron chi connectivity index (χ2n) is 5.31. The lowest BCUT2D eigenvalue weighted by atomic mass is 10.0. The van der Waals surface area contributed by atoms with E-state index in [-0.39, 0.29) is 0 Å². The SMILES string of the molecule is C(#CC1CC1)c1cnc(OCC2CCCNC2)cn1. The summed E-state index contributed by atoms with van der Waals surface area (Å²) >= 11 is 0. The zero-order valence-electron chi connectivity index (χ0n) is 11.1. The van der Waals surface area contributed by atoms with Crippen molar-refractivity contribution >= 4 is 0 Å². The van der Waals surface area contributed by atoms with Crippen molar-refractivity contribution in [1.82, 2.24) is 15.3 Å². The molecule has 1 saturated carbocycles. The molecule has 0 bridgehead atoms. The second-order valence-corrected chi connectivity index (χ2v) is 5.31. The Labute approximate surface area is 114 Å². The lowest BCUT2D eigenvalue weighted by Gasteiger charge is -2.22. The van der Waals surface area contributed by atoms with Crippen LogP contribution in [-0.2, 0) is 0 Å². The van der Waals surface area contributed by atoms with E-state index in [0.29, 0.717) is 17.7 Å². The van der Waals surface area contributed by atoms with E-state index in [0.717, 1.165) is 25.4 Å². The molecule has 100 valence electrons. The predicted octanol–water partition coefficient (Wildman–Crippen LogP) is 1.62. The quantitative estimate of drug-likeness (QED) is 0.836. The van der Waals surface area contributed by atoms with E-state index < -0.39 is 0 Å². The van der Waals surface area contributed by atoms with Crippen molar-refractivity contribution in [2.24, 2.45) is 11.8 Å². The minimum Gasteiger partial charge on any atom is -0.476 e. The van der Waals surface area contributed by atoms with Crippen LogP contribution in [0.1, 0.15) is 31.4 Å². The number of hydrogen-bond donors (Lipinski definition) is 1. The van der Waals surface area contributed by atoms with Crippen molar-refractivity contribution in [3.63, 3.8) is 0 Å². The van der Waals surface area contributed by atoms with Crippen LogP contribution in [0.4, 0.5) is 0 Å². The highest BCUT2D eigenvalue weighted by Gasteiger charge is 2.17. The molecule has 19 heavy (non-hydrogen) atoms. The molecule has 4 nitrogen and oxygen atoms in total. The third kappa shape index (κ3) is 3.93. The van der Waals surface area contributed by atoms with Crippen LogP contribution in [0.3, 0.4) is 0 Å². The first-order chi connectivity index (χ1) is 9.40. The minimum atomic E-state index is 0.588. The van der Waals surface area contributed by atoms with Crippen LogP contribution in [0, 0.1) is 23.7 Å². The zero-order valence-corrected chi connectivity index (χ0v) is 11.1. The fourth-order valence-corrected chi connectivity index (χ4v) is 2.13. The van der Waals surface area contributed by atoms with Gasteiger partial charge in [0.1, 0.15) is 5.69 Å². The summed E-state index contributed by atoms with van der Waals surface area (Å²) < 4.78 is 5.68. The van der Waals surface area contributed by atoms with Gasteiger partial charge in [0.25, 0.3) is 0 Å². The molecular formula is C15H19N3O. The number of nitrogens with zero attached hydrogens (tertiary/aromatic N) is 2. The van der Waals surface area contributed by atoms with E-state index in [4.69, 9.17) is 4.74 Å². The lowest BCUT2D eigenvalue weighted by molar-refractivity contribution is 0.211. The van der Waals surface area contributed by atoms with Crippen molar-refractivity contribution in [1.29, 1.82) is 0 Å². The van der Waals surface area contributed by atoms with E-state index >= 15 is 0 Å². The summed E-state index contributed by atoms with van der Waals surface area (Å²) in [5.41, 5.74) is 0.735. The summed E-state index contributed by atoms with van der Waals surface area (Å²) in [6.07, 6.45) is 8.30. The normalized spacial score (nSPS) is 22.4. The topological polar surface area (TPSA) is 47.0 Å². The van der Waals surface area contributed by atoms with E-state index in [9.17, 15) is 0 Å². The number of aromatic nitrogens is 2. The molecule has 1 N–H and O–H groups in total. The summed E-state index contributed by atoms with van der Waals surface area (Å²) in [6, 6.07) is 0. The van der Waals surface area contributed by atoms with E-state index in [1.807, 2.05) is 0 Å². The van der Waals surface area contributed by atoms with Gasteiger partial charge in [0.05, 0.1) is 19.0 Å². The van der Waals surface area contributed by atoms with Crippen LogP contribution >= 0.6 is 0 Å². The Kier molecular flexibility index (Phi) is 3.95. The van der Waals surface area contributed by atoms with Crippen LogP contribution in [0.5, 0.6) is 5.88 Å². The van der Waals surface area contributed by atoms with Crippen molar-refractivity contribution in [3.05, 3.63) is 18.1 Å². The smallest absolute Gasteiger partial charge is 0.232 e. The molecule has 0 aromatic carbocycles. The van der Waals surface area contributed by atoms with Crippen LogP contribution < -0.4 is 10.1 Å². The van der Waals surface area contributed by atoms with Gasteiger partial charge in [0.2, 0.25) is 5.88 Å². The molecule has 1 aromatic heterocycles. The highest BCUT2D eigenvalue weighted by molar-refractivity contribution is 5.28. The number of ether oxygens (including phenoxy) is 1. The molecule has 1 saturated heterocycles. The first kappa shape index (κ1) is 12.4. The summed E-state index contributed by atoms with van der Waals surface area (Å²) in [5.74, 6) is 8.01. The summed E-state index contributed by atoms with van der Waals surface area (Å²) in [4.78, 5) is 8.52. The van der Waals surface area contributed by atoms with Crippen molar-refractivity contribution in [2.75, 3.05) is 19.7 Å². The molecule has 1 aliphatic heterocycles. The Morgan fingerprint density at radius 1 is 1.26 bits per heavy atom. The Bertz CT molecular complexity index is 464. The summed E-state index contributed by atoms with van der Waals surface area (Å²) in [7, 11) is 0. The Hall–Kier alpha value is -1.60. The first-order valence-electron chi connectivity index (χ1n) is 7.07. The molecule has 0 amide bonds. The van der Waals surface area contributed by atoms with Gasteiger partial charge in [-0.25, -0.2) is 9.97 Å². The van der Waals surface area contributed by atoms with Crippen molar-refractivity contribution < 1.29 is 4.74 Å². The fourth-order valence-electron chi connectivity index (χ4n) is 2.13. The molecule has 0 spiro atoms. The minimum absolute atomic E-state index is 0.588. The van der Waals surface area contributed by atoms with Gasteiger partial charge in [-0.1, -0.05) is 5.92 Å². The van der Waals surface area contributed by atoms with Gasteiger partial charge in [0.15, 0.2) is 0 Å². The molecule has 1 atom stereocenters. The average molecular weight is 257 g/mol. The molecule has 0 radical (unpaired) electrons. The molecule has 4 heteroatoms. The summed E-state index contributed by atoms with van der Waals surface area (Å²) in [6.45, 7) is 2.89. The molecule has 1 unspecified atom stereocenters. The molecule has 3 rings (SSSR count). The zero-order chi connectivity index (χ0) is 12.9.